The fourth-order valence-corrected chi connectivity index (χ4v) is 3.36. The van der Waals surface area contributed by atoms with E-state index in [-0.39, 0.29) is 5.69 Å². The molecular formula is C19H20F2N4S. The normalized spacial score (nSPS) is 17.2. The summed E-state index contributed by atoms with van der Waals surface area (Å²) >= 11 is 1.77. The van der Waals surface area contributed by atoms with E-state index in [1.165, 1.54) is 12.1 Å². The summed E-state index contributed by atoms with van der Waals surface area (Å²) < 4.78 is 26.5. The molecule has 2 aromatic carbocycles. The minimum atomic E-state index is -0.679. The van der Waals surface area contributed by atoms with Crippen LogP contribution in [0.5, 0.6) is 0 Å². The molecule has 26 heavy (non-hydrogen) atoms. The first-order valence-electron chi connectivity index (χ1n) is 8.39. The fourth-order valence-electron chi connectivity index (χ4n) is 2.41. The number of thioether (sulfide) groups is 1. The zero-order valence-electron chi connectivity index (χ0n) is 14.6. The lowest BCUT2D eigenvalue weighted by Gasteiger charge is -2.08. The third-order valence-corrected chi connectivity index (χ3v) is 5.27. The number of hydrazone groups is 1. The average molecular weight is 374 g/mol. The molecule has 2 N–H and O–H groups in total. The Bertz CT molecular complexity index is 834. The van der Waals surface area contributed by atoms with E-state index >= 15 is 0 Å². The van der Waals surface area contributed by atoms with Crippen molar-refractivity contribution in [3.8, 4) is 0 Å². The first-order valence-corrected chi connectivity index (χ1v) is 9.27. The maximum Gasteiger partial charge on any atom is 0.161 e. The van der Waals surface area contributed by atoms with Gasteiger partial charge in [0, 0.05) is 17.0 Å². The molecule has 1 aliphatic heterocycles. The first-order chi connectivity index (χ1) is 12.5. The van der Waals surface area contributed by atoms with Crippen LogP contribution in [0.1, 0.15) is 25.8 Å². The average Bonchev–Trinajstić information content (AvgIpc) is 3.09. The summed E-state index contributed by atoms with van der Waals surface area (Å²) in [6.07, 6.45) is 1.11. The second-order valence-electron chi connectivity index (χ2n) is 5.93. The molecule has 0 unspecified atom stereocenters. The Morgan fingerprint density at radius 3 is 2.65 bits per heavy atom. The lowest BCUT2D eigenvalue weighted by Crippen LogP contribution is -2.07. The largest absolute Gasteiger partial charge is 0.335 e. The van der Waals surface area contributed by atoms with Crippen LogP contribution in [0.3, 0.4) is 0 Å². The maximum atomic E-state index is 13.6. The van der Waals surface area contributed by atoms with Gasteiger partial charge in [-0.05, 0) is 43.2 Å². The molecule has 4 nitrogen and oxygen atoms in total. The van der Waals surface area contributed by atoms with E-state index in [1.807, 2.05) is 31.2 Å². The number of aliphatic imine (C=N–C) groups is 1. The van der Waals surface area contributed by atoms with Crippen molar-refractivity contribution in [3.05, 3.63) is 59.7 Å². The predicted octanol–water partition coefficient (Wildman–Crippen LogP) is 5.09. The Balaban J connectivity index is 1.62. The standard InChI is InChI=1S/C19H20F2N4S/c1-3-16-11-22-19(26-16)23-15-7-4-13(5-8-15)12(2)24-25-18-9-6-14(20)10-17(18)21/h4-10,16,25H,3,11H2,1-2H3,(H,22,23)/b24-12-/t16-/m0/s1. The Morgan fingerprint density at radius 1 is 1.23 bits per heavy atom. The molecule has 7 heteroatoms. The Morgan fingerprint density at radius 2 is 2.00 bits per heavy atom. The van der Waals surface area contributed by atoms with Gasteiger partial charge in [-0.2, -0.15) is 5.10 Å². The highest BCUT2D eigenvalue weighted by Gasteiger charge is 2.17. The number of benzene rings is 2. The highest BCUT2D eigenvalue weighted by molar-refractivity contribution is 8.15. The molecular weight excluding hydrogens is 354 g/mol. The van der Waals surface area contributed by atoms with Crippen LogP contribution in [0.2, 0.25) is 0 Å². The lowest BCUT2D eigenvalue weighted by molar-refractivity contribution is 0.585. The molecule has 0 spiro atoms. The number of nitrogens with one attached hydrogen (secondary N) is 2. The van der Waals surface area contributed by atoms with Crippen LogP contribution in [0.4, 0.5) is 20.2 Å². The van der Waals surface area contributed by atoms with Gasteiger partial charge in [-0.1, -0.05) is 30.8 Å². The van der Waals surface area contributed by atoms with Crippen LogP contribution in [0.25, 0.3) is 0 Å². The topological polar surface area (TPSA) is 48.8 Å². The van der Waals surface area contributed by atoms with Crippen molar-refractivity contribution in [1.82, 2.24) is 0 Å². The number of amidine groups is 1. The monoisotopic (exact) mass is 374 g/mol. The Labute approximate surface area is 155 Å². The van der Waals surface area contributed by atoms with Gasteiger partial charge in [0.15, 0.2) is 11.0 Å². The van der Waals surface area contributed by atoms with E-state index < -0.39 is 11.6 Å². The summed E-state index contributed by atoms with van der Waals surface area (Å²) in [5, 5.41) is 8.99. The molecule has 136 valence electrons. The SMILES string of the molecule is CC[C@H]1CN=C(Nc2ccc(/C(C)=N\Nc3ccc(F)cc3F)cc2)S1. The molecule has 1 heterocycles. The molecule has 0 aliphatic carbocycles. The molecule has 0 fully saturated rings. The van der Waals surface area contributed by atoms with Crippen molar-refractivity contribution in [2.24, 2.45) is 10.1 Å². The summed E-state index contributed by atoms with van der Waals surface area (Å²) in [6.45, 7) is 4.84. The number of nitrogens with zero attached hydrogens (tertiary/aromatic N) is 2. The summed E-state index contributed by atoms with van der Waals surface area (Å²) in [7, 11) is 0. The number of hydrogen-bond acceptors (Lipinski definition) is 5. The van der Waals surface area contributed by atoms with E-state index in [9.17, 15) is 8.78 Å². The molecule has 1 aliphatic rings. The lowest BCUT2D eigenvalue weighted by atomic mass is 10.1. The van der Waals surface area contributed by atoms with Gasteiger partial charge in [0.05, 0.1) is 17.9 Å². The van der Waals surface area contributed by atoms with Crippen molar-refractivity contribution < 1.29 is 8.78 Å². The van der Waals surface area contributed by atoms with E-state index in [1.54, 1.807) is 11.8 Å². The van der Waals surface area contributed by atoms with Gasteiger partial charge in [0.1, 0.15) is 5.82 Å². The summed E-state index contributed by atoms with van der Waals surface area (Å²) in [6, 6.07) is 11.1. The zero-order chi connectivity index (χ0) is 18.5. The minimum Gasteiger partial charge on any atom is -0.335 e. The van der Waals surface area contributed by atoms with Gasteiger partial charge in [0.2, 0.25) is 0 Å². The summed E-state index contributed by atoms with van der Waals surface area (Å²) in [5.74, 6) is -1.30. The van der Waals surface area contributed by atoms with E-state index in [4.69, 9.17) is 0 Å². The fraction of sp³-hybridized carbons (Fsp3) is 0.263. The maximum absolute atomic E-state index is 13.6. The number of rotatable bonds is 5. The Hall–Kier alpha value is -2.41. The van der Waals surface area contributed by atoms with E-state index in [2.05, 4.69) is 27.8 Å². The van der Waals surface area contributed by atoms with Gasteiger partial charge in [-0.15, -0.1) is 0 Å². The Kier molecular flexibility index (Phi) is 5.88. The van der Waals surface area contributed by atoms with Gasteiger partial charge in [-0.3, -0.25) is 10.4 Å². The molecule has 3 rings (SSSR count). The minimum absolute atomic E-state index is 0.130. The second kappa shape index (κ2) is 8.31. The van der Waals surface area contributed by atoms with Crippen LogP contribution < -0.4 is 10.7 Å². The number of anilines is 2. The molecule has 0 radical (unpaired) electrons. The van der Waals surface area contributed by atoms with Gasteiger partial charge >= 0.3 is 0 Å². The zero-order valence-corrected chi connectivity index (χ0v) is 15.4. The second-order valence-corrected chi connectivity index (χ2v) is 7.22. The van der Waals surface area contributed by atoms with Gasteiger partial charge in [-0.25, -0.2) is 8.78 Å². The molecule has 2 aromatic rings. The number of halogens is 2. The number of hydrogen-bond donors (Lipinski definition) is 2. The highest BCUT2D eigenvalue weighted by Crippen LogP contribution is 2.24. The quantitative estimate of drug-likeness (QED) is 0.566. The predicted molar refractivity (Wildman–Crippen MR) is 106 cm³/mol. The smallest absolute Gasteiger partial charge is 0.161 e. The van der Waals surface area contributed by atoms with Crippen LogP contribution in [0.15, 0.2) is 52.6 Å². The van der Waals surface area contributed by atoms with Crippen molar-refractivity contribution >= 4 is 34.0 Å². The van der Waals surface area contributed by atoms with Crippen LogP contribution in [-0.4, -0.2) is 22.7 Å². The van der Waals surface area contributed by atoms with E-state index in [0.29, 0.717) is 11.0 Å². The van der Waals surface area contributed by atoms with Gasteiger partial charge < -0.3 is 5.32 Å². The van der Waals surface area contributed by atoms with Crippen LogP contribution in [0, 0.1) is 11.6 Å². The van der Waals surface area contributed by atoms with Gasteiger partial charge in [0.25, 0.3) is 0 Å². The van der Waals surface area contributed by atoms with Crippen molar-refractivity contribution in [3.63, 3.8) is 0 Å². The highest BCUT2D eigenvalue weighted by atomic mass is 32.2. The third-order valence-electron chi connectivity index (χ3n) is 4.00. The van der Waals surface area contributed by atoms with Crippen LogP contribution in [-0.2, 0) is 0 Å². The van der Waals surface area contributed by atoms with Crippen molar-refractivity contribution in [2.45, 2.75) is 25.5 Å². The third kappa shape index (κ3) is 4.60. The summed E-state index contributed by atoms with van der Waals surface area (Å²) in [4.78, 5) is 4.49. The molecule has 0 aromatic heterocycles. The van der Waals surface area contributed by atoms with E-state index in [0.717, 1.165) is 35.5 Å². The molecule has 0 amide bonds. The van der Waals surface area contributed by atoms with Crippen molar-refractivity contribution in [2.75, 3.05) is 17.3 Å². The molecule has 0 saturated heterocycles. The molecule has 0 saturated carbocycles. The first kappa shape index (κ1) is 18.4. The van der Waals surface area contributed by atoms with Crippen LogP contribution >= 0.6 is 11.8 Å². The summed E-state index contributed by atoms with van der Waals surface area (Å²) in [5.41, 5.74) is 5.32. The molecule has 1 atom stereocenters. The van der Waals surface area contributed by atoms with Crippen molar-refractivity contribution in [1.29, 1.82) is 0 Å². The molecule has 0 bridgehead atoms.